The highest BCUT2D eigenvalue weighted by Crippen LogP contribution is 2.35. The van der Waals surface area contributed by atoms with Crippen molar-refractivity contribution in [3.8, 4) is 5.75 Å². The van der Waals surface area contributed by atoms with E-state index in [4.69, 9.17) is 0 Å². The summed E-state index contributed by atoms with van der Waals surface area (Å²) in [6.07, 6.45) is 0.704. The predicted molar refractivity (Wildman–Crippen MR) is 56.0 cm³/mol. The summed E-state index contributed by atoms with van der Waals surface area (Å²) in [5.41, 5.74) is 2.16. The van der Waals surface area contributed by atoms with Crippen molar-refractivity contribution in [1.82, 2.24) is 5.32 Å². The Morgan fingerprint density at radius 2 is 2.33 bits per heavy atom. The van der Waals surface area contributed by atoms with Crippen molar-refractivity contribution in [3.63, 3.8) is 0 Å². The largest absolute Gasteiger partial charge is 0.508 e. The quantitative estimate of drug-likeness (QED) is 0.637. The number of phenols is 1. The predicted octanol–water partition coefficient (Wildman–Crippen LogP) is 0.253. The van der Waals surface area contributed by atoms with E-state index < -0.39 is 0 Å². The summed E-state index contributed by atoms with van der Waals surface area (Å²) in [6, 6.07) is 5.24. The van der Waals surface area contributed by atoms with Gasteiger partial charge in [0.15, 0.2) is 0 Å². The Balaban J connectivity index is 2.04. The number of aromatic hydroxyl groups is 1. The Bertz CT molecular complexity index is 431. The molecule has 2 aliphatic heterocycles. The average Bonchev–Trinajstić information content (AvgIpc) is 2.57. The van der Waals surface area contributed by atoms with Crippen LogP contribution < -0.4 is 10.2 Å². The maximum Gasteiger partial charge on any atom is 0.243 e. The molecule has 78 valence electrons. The lowest BCUT2D eigenvalue weighted by atomic mass is 10.1. The van der Waals surface area contributed by atoms with E-state index in [0.29, 0.717) is 13.0 Å². The smallest absolute Gasteiger partial charge is 0.243 e. The van der Waals surface area contributed by atoms with Crippen LogP contribution in [-0.2, 0) is 11.2 Å². The van der Waals surface area contributed by atoms with E-state index in [0.717, 1.165) is 17.8 Å². The Kier molecular flexibility index (Phi) is 1.65. The maximum absolute atomic E-state index is 11.6. The fourth-order valence-corrected chi connectivity index (χ4v) is 2.43. The minimum Gasteiger partial charge on any atom is -0.508 e. The van der Waals surface area contributed by atoms with Crippen LogP contribution in [0.25, 0.3) is 0 Å². The van der Waals surface area contributed by atoms with Crippen molar-refractivity contribution in [2.75, 3.05) is 18.0 Å². The zero-order valence-electron chi connectivity index (χ0n) is 8.23. The molecule has 15 heavy (non-hydrogen) atoms. The minimum absolute atomic E-state index is 0.0736. The van der Waals surface area contributed by atoms with E-state index in [-0.39, 0.29) is 17.7 Å². The second-order valence-corrected chi connectivity index (χ2v) is 4.02. The van der Waals surface area contributed by atoms with Gasteiger partial charge < -0.3 is 15.3 Å². The Morgan fingerprint density at radius 1 is 1.47 bits per heavy atom. The third-order valence-electron chi connectivity index (χ3n) is 3.12. The van der Waals surface area contributed by atoms with E-state index in [1.165, 1.54) is 0 Å². The van der Waals surface area contributed by atoms with Crippen LogP contribution in [0.15, 0.2) is 18.2 Å². The topological polar surface area (TPSA) is 52.6 Å². The van der Waals surface area contributed by atoms with Gasteiger partial charge in [0, 0.05) is 25.2 Å². The number of nitrogens with one attached hydrogen (secondary N) is 1. The highest BCUT2D eigenvalue weighted by Gasteiger charge is 2.36. The first-order valence-electron chi connectivity index (χ1n) is 5.12. The lowest BCUT2D eigenvalue weighted by molar-refractivity contribution is -0.123. The van der Waals surface area contributed by atoms with E-state index in [1.807, 2.05) is 6.07 Å². The van der Waals surface area contributed by atoms with E-state index in [2.05, 4.69) is 10.2 Å². The van der Waals surface area contributed by atoms with Crippen LogP contribution in [0.4, 0.5) is 5.69 Å². The van der Waals surface area contributed by atoms with Crippen LogP contribution in [0.3, 0.4) is 0 Å². The number of nitrogens with zero attached hydrogens (tertiary/aromatic N) is 1. The summed E-state index contributed by atoms with van der Waals surface area (Å²) < 4.78 is 0. The summed E-state index contributed by atoms with van der Waals surface area (Å²) in [7, 11) is 0. The fourth-order valence-electron chi connectivity index (χ4n) is 2.43. The molecule has 1 unspecified atom stereocenters. The van der Waals surface area contributed by atoms with E-state index in [9.17, 15) is 9.90 Å². The Hall–Kier alpha value is -1.71. The van der Waals surface area contributed by atoms with Gasteiger partial charge in [-0.2, -0.15) is 0 Å². The van der Waals surface area contributed by atoms with Crippen molar-refractivity contribution in [1.29, 1.82) is 0 Å². The molecule has 0 spiro atoms. The number of piperazine rings is 1. The van der Waals surface area contributed by atoms with Gasteiger partial charge in [-0.3, -0.25) is 4.79 Å². The van der Waals surface area contributed by atoms with Gasteiger partial charge in [-0.1, -0.05) is 0 Å². The molecule has 0 aromatic heterocycles. The third-order valence-corrected chi connectivity index (χ3v) is 3.12. The normalized spacial score (nSPS) is 23.3. The van der Waals surface area contributed by atoms with Crippen LogP contribution in [0.2, 0.25) is 0 Å². The second kappa shape index (κ2) is 2.89. The summed E-state index contributed by atoms with van der Waals surface area (Å²) in [4.78, 5) is 13.7. The molecule has 1 aromatic rings. The van der Waals surface area contributed by atoms with Crippen LogP contribution in [-0.4, -0.2) is 30.1 Å². The Labute approximate surface area is 87.5 Å². The minimum atomic E-state index is -0.0736. The van der Waals surface area contributed by atoms with Crippen molar-refractivity contribution in [2.45, 2.75) is 12.5 Å². The first-order chi connectivity index (χ1) is 7.25. The molecule has 1 aromatic carbocycles. The third kappa shape index (κ3) is 1.17. The monoisotopic (exact) mass is 204 g/mol. The molecule has 2 N–H and O–H groups in total. The van der Waals surface area contributed by atoms with Gasteiger partial charge in [0.25, 0.3) is 0 Å². The number of phenolic OH excluding ortho intramolecular Hbond substituents is 1. The van der Waals surface area contributed by atoms with E-state index in [1.54, 1.807) is 12.1 Å². The molecule has 4 heteroatoms. The summed E-state index contributed by atoms with van der Waals surface area (Å²) in [5.74, 6) is 0.367. The van der Waals surface area contributed by atoms with E-state index >= 15 is 0 Å². The number of fused-ring (bicyclic) bond motifs is 3. The average molecular weight is 204 g/mol. The molecule has 0 aliphatic carbocycles. The van der Waals surface area contributed by atoms with Crippen LogP contribution in [0.5, 0.6) is 5.75 Å². The number of hydrogen-bond donors (Lipinski definition) is 2. The molecule has 1 fully saturated rings. The van der Waals surface area contributed by atoms with Gasteiger partial charge in [-0.25, -0.2) is 0 Å². The molecule has 4 nitrogen and oxygen atoms in total. The van der Waals surface area contributed by atoms with Gasteiger partial charge in [0.1, 0.15) is 11.8 Å². The number of anilines is 1. The zero-order valence-corrected chi connectivity index (χ0v) is 8.23. The van der Waals surface area contributed by atoms with Crippen LogP contribution >= 0.6 is 0 Å². The Morgan fingerprint density at radius 3 is 3.20 bits per heavy atom. The van der Waals surface area contributed by atoms with Crippen LogP contribution in [0, 0.1) is 0 Å². The molecular formula is C11H12N2O2. The highest BCUT2D eigenvalue weighted by molar-refractivity contribution is 5.89. The van der Waals surface area contributed by atoms with Gasteiger partial charge in [-0.15, -0.1) is 0 Å². The number of carbonyl (C=O) groups excluding carboxylic acids is 1. The molecule has 1 atom stereocenters. The lowest BCUT2D eigenvalue weighted by Gasteiger charge is -2.31. The van der Waals surface area contributed by atoms with Crippen LogP contribution in [0.1, 0.15) is 5.56 Å². The molecule has 1 saturated heterocycles. The van der Waals surface area contributed by atoms with Crippen molar-refractivity contribution in [3.05, 3.63) is 23.8 Å². The number of amides is 1. The highest BCUT2D eigenvalue weighted by atomic mass is 16.3. The molecule has 0 bridgehead atoms. The number of carbonyl (C=O) groups is 1. The van der Waals surface area contributed by atoms with Crippen molar-refractivity contribution >= 4 is 11.6 Å². The van der Waals surface area contributed by atoms with Gasteiger partial charge in [0.2, 0.25) is 5.91 Å². The molecule has 3 rings (SSSR count). The standard InChI is InChI=1S/C11H12N2O2/c14-8-1-2-9-7(5-8)6-10-11(15)12-3-4-13(9)10/h1-2,5,10,14H,3-4,6H2,(H,12,15). The van der Waals surface area contributed by atoms with Crippen molar-refractivity contribution in [2.24, 2.45) is 0 Å². The first kappa shape index (κ1) is 8.59. The molecule has 2 heterocycles. The molecule has 0 saturated carbocycles. The lowest BCUT2D eigenvalue weighted by Crippen LogP contribution is -2.53. The van der Waals surface area contributed by atoms with Crippen molar-refractivity contribution < 1.29 is 9.90 Å². The summed E-state index contributed by atoms with van der Waals surface area (Å²) in [5, 5.41) is 12.2. The maximum atomic E-state index is 11.6. The number of rotatable bonds is 0. The van der Waals surface area contributed by atoms with Gasteiger partial charge in [-0.05, 0) is 23.8 Å². The first-order valence-corrected chi connectivity index (χ1v) is 5.12. The summed E-state index contributed by atoms with van der Waals surface area (Å²) >= 11 is 0. The zero-order chi connectivity index (χ0) is 10.4. The molecule has 1 amide bonds. The van der Waals surface area contributed by atoms with Gasteiger partial charge in [0.05, 0.1) is 0 Å². The fraction of sp³-hybridized carbons (Fsp3) is 0.364. The van der Waals surface area contributed by atoms with Gasteiger partial charge >= 0.3 is 0 Å². The summed E-state index contributed by atoms with van der Waals surface area (Å²) in [6.45, 7) is 1.56. The second-order valence-electron chi connectivity index (χ2n) is 4.02. The SMILES string of the molecule is O=C1NCCN2c3ccc(O)cc3CC12. The number of hydrogen-bond acceptors (Lipinski definition) is 3. The number of benzene rings is 1. The molecule has 2 aliphatic rings. The molecular weight excluding hydrogens is 192 g/mol. The molecule has 0 radical (unpaired) electrons.